The molecule has 2 saturated heterocycles. The Labute approximate surface area is 291 Å². The van der Waals surface area contributed by atoms with Crippen LogP contribution >= 0.6 is 0 Å². The molecule has 2 bridgehead atoms. The highest BCUT2D eigenvalue weighted by molar-refractivity contribution is 5.82. The second kappa shape index (κ2) is 19.2. The number of hydrogen-bond acceptors (Lipinski definition) is 14. The molecule has 0 amide bonds. The standard InChI is InChI=1S/C35H53NO14/c1-4-21-11-9-7-5-6-8-10-12-23(49-34-32(43)30(36)31(42)20(3)48-34)16-27-29(33(44)45)26(40)18-35(46,50-27)17-22(37)15-25(39)24(38)13-14-28(41)47-19(21)2/h5-14,19-27,29-32,34,37-40,42-43,46H,4,15-18,36H2,1-3H3,(H,44,45)/b7-5+,8-6-,11-9+,12-10?,14-13+/t19-,20-,21+,22+,23+,24-,25-,26+,27+,29-,30+,31-,32+,34+,35-/m1/s1. The van der Waals surface area contributed by atoms with Gasteiger partial charge in [-0.25, -0.2) is 4.79 Å². The van der Waals surface area contributed by atoms with E-state index >= 15 is 0 Å². The van der Waals surface area contributed by atoms with E-state index in [1.807, 2.05) is 13.0 Å². The average molecular weight is 712 g/mol. The molecule has 0 aromatic carbocycles. The van der Waals surface area contributed by atoms with Crippen LogP contribution < -0.4 is 5.73 Å². The van der Waals surface area contributed by atoms with Crippen molar-refractivity contribution >= 4 is 11.9 Å². The van der Waals surface area contributed by atoms with E-state index < -0.39 is 116 Å². The number of carboxylic acid groups (broad SMARTS) is 1. The molecule has 0 radical (unpaired) electrons. The maximum absolute atomic E-state index is 12.4. The summed E-state index contributed by atoms with van der Waals surface area (Å²) in [5.41, 5.74) is 5.97. The van der Waals surface area contributed by atoms with Gasteiger partial charge < -0.3 is 65.5 Å². The highest BCUT2D eigenvalue weighted by atomic mass is 16.7. The third-order valence-electron chi connectivity index (χ3n) is 9.18. The van der Waals surface area contributed by atoms with Crippen LogP contribution in [0.5, 0.6) is 0 Å². The average Bonchev–Trinajstić information content (AvgIpc) is 3.02. The molecule has 10 N–H and O–H groups in total. The fraction of sp³-hybridized carbons (Fsp3) is 0.657. The lowest BCUT2D eigenvalue weighted by Gasteiger charge is -2.45. The van der Waals surface area contributed by atoms with Gasteiger partial charge in [0.1, 0.15) is 18.1 Å². The number of fused-ring (bicyclic) bond motifs is 2. The third kappa shape index (κ3) is 11.9. The van der Waals surface area contributed by atoms with Crippen molar-refractivity contribution in [3.63, 3.8) is 0 Å². The molecule has 3 aliphatic rings. The molecule has 282 valence electrons. The molecular formula is C35H53NO14. The van der Waals surface area contributed by atoms with Crippen molar-refractivity contribution in [3.8, 4) is 0 Å². The Hall–Kier alpha value is -2.80. The number of hydrogen-bond donors (Lipinski definition) is 9. The molecule has 2 fully saturated rings. The van der Waals surface area contributed by atoms with Crippen LogP contribution in [0.15, 0.2) is 60.8 Å². The first-order chi connectivity index (χ1) is 23.5. The Morgan fingerprint density at radius 2 is 1.54 bits per heavy atom. The lowest BCUT2D eigenvalue weighted by Crippen LogP contribution is -2.61. The van der Waals surface area contributed by atoms with Gasteiger partial charge in [0.25, 0.3) is 0 Å². The molecule has 15 heteroatoms. The van der Waals surface area contributed by atoms with Crippen LogP contribution in [0.2, 0.25) is 0 Å². The minimum atomic E-state index is -2.27. The largest absolute Gasteiger partial charge is 0.481 e. The molecule has 50 heavy (non-hydrogen) atoms. The zero-order chi connectivity index (χ0) is 37.2. The molecule has 0 unspecified atom stereocenters. The predicted molar refractivity (Wildman–Crippen MR) is 178 cm³/mol. The second-order valence-electron chi connectivity index (χ2n) is 13.2. The fourth-order valence-corrected chi connectivity index (χ4v) is 6.28. The van der Waals surface area contributed by atoms with Crippen LogP contribution in [-0.2, 0) is 28.5 Å². The van der Waals surface area contributed by atoms with E-state index in [0.29, 0.717) is 6.42 Å². The van der Waals surface area contributed by atoms with Crippen molar-refractivity contribution in [3.05, 3.63) is 60.8 Å². The number of aliphatic hydroxyl groups is 7. The van der Waals surface area contributed by atoms with Crippen molar-refractivity contribution in [1.82, 2.24) is 0 Å². The Kier molecular flexibility index (Phi) is 15.9. The fourth-order valence-electron chi connectivity index (χ4n) is 6.28. The van der Waals surface area contributed by atoms with Crippen LogP contribution in [0.25, 0.3) is 0 Å². The third-order valence-corrected chi connectivity index (χ3v) is 9.18. The number of nitrogens with two attached hydrogens (primary N) is 1. The van der Waals surface area contributed by atoms with E-state index in [4.69, 9.17) is 24.7 Å². The van der Waals surface area contributed by atoms with E-state index in [1.54, 1.807) is 50.3 Å². The monoisotopic (exact) mass is 711 g/mol. The molecule has 0 spiro atoms. The van der Waals surface area contributed by atoms with Gasteiger partial charge in [0, 0.05) is 37.7 Å². The molecule has 15 nitrogen and oxygen atoms in total. The van der Waals surface area contributed by atoms with E-state index in [-0.39, 0.29) is 12.3 Å². The lowest BCUT2D eigenvalue weighted by atomic mass is 9.82. The molecule has 15 atom stereocenters. The van der Waals surface area contributed by atoms with Gasteiger partial charge in [-0.1, -0.05) is 55.5 Å². The van der Waals surface area contributed by atoms with Gasteiger partial charge in [-0.3, -0.25) is 4.79 Å². The first kappa shape index (κ1) is 41.6. The Bertz CT molecular complexity index is 1250. The maximum atomic E-state index is 12.4. The molecule has 3 heterocycles. The minimum Gasteiger partial charge on any atom is -0.481 e. The van der Waals surface area contributed by atoms with Crippen LogP contribution in [0.1, 0.15) is 52.9 Å². The lowest BCUT2D eigenvalue weighted by molar-refractivity contribution is -0.308. The van der Waals surface area contributed by atoms with Crippen molar-refractivity contribution in [2.45, 2.75) is 132 Å². The molecule has 0 aliphatic carbocycles. The van der Waals surface area contributed by atoms with Gasteiger partial charge >= 0.3 is 11.9 Å². The van der Waals surface area contributed by atoms with Crippen LogP contribution in [-0.4, -0.2) is 132 Å². The SMILES string of the molecule is CC[C@H]1/C=C/C=C/C=C\C=C[C@H](O[C@@H]2O[C@H](C)[C@@H](O)[C@H](N)[C@@H]2O)C[C@@H]2O[C@](O)(C[C@@H](O)C[C@@H](O)[C@H](O)/C=C/C(=O)O[C@@H]1C)C[C@H](O)[C@H]2C(=O)O. The van der Waals surface area contributed by atoms with E-state index in [2.05, 4.69) is 0 Å². The number of aliphatic carboxylic acids is 1. The number of ether oxygens (including phenoxy) is 4. The highest BCUT2D eigenvalue weighted by Crippen LogP contribution is 2.38. The highest BCUT2D eigenvalue weighted by Gasteiger charge is 2.51. The summed E-state index contributed by atoms with van der Waals surface area (Å²) < 4.78 is 23.0. The van der Waals surface area contributed by atoms with Crippen molar-refractivity contribution in [2.24, 2.45) is 17.6 Å². The summed E-state index contributed by atoms with van der Waals surface area (Å²) in [4.78, 5) is 24.7. The first-order valence-corrected chi connectivity index (χ1v) is 16.9. The van der Waals surface area contributed by atoms with Gasteiger partial charge in [-0.2, -0.15) is 0 Å². The smallest absolute Gasteiger partial charge is 0.330 e. The zero-order valence-electron chi connectivity index (χ0n) is 28.5. The number of rotatable bonds is 4. The molecular weight excluding hydrogens is 658 g/mol. The second-order valence-corrected chi connectivity index (χ2v) is 13.2. The van der Waals surface area contributed by atoms with Crippen molar-refractivity contribution < 1.29 is 69.4 Å². The quantitative estimate of drug-likeness (QED) is 0.170. The summed E-state index contributed by atoms with van der Waals surface area (Å²) >= 11 is 0. The van der Waals surface area contributed by atoms with Crippen LogP contribution in [0.3, 0.4) is 0 Å². The Balaban J connectivity index is 1.95. The van der Waals surface area contributed by atoms with Crippen molar-refractivity contribution in [2.75, 3.05) is 0 Å². The number of carboxylic acids is 1. The normalized spacial score (nSPS) is 45.4. The van der Waals surface area contributed by atoms with E-state index in [9.17, 15) is 50.4 Å². The minimum absolute atomic E-state index is 0.120. The van der Waals surface area contributed by atoms with Gasteiger partial charge in [-0.15, -0.1) is 0 Å². The Morgan fingerprint density at radius 3 is 2.18 bits per heavy atom. The van der Waals surface area contributed by atoms with Gasteiger partial charge in [0.2, 0.25) is 0 Å². The number of aliphatic hydroxyl groups excluding tert-OH is 6. The Morgan fingerprint density at radius 1 is 0.900 bits per heavy atom. The van der Waals surface area contributed by atoms with Gasteiger partial charge in [0.05, 0.1) is 54.9 Å². The zero-order valence-corrected chi connectivity index (χ0v) is 28.5. The number of carbonyl (C=O) groups is 2. The summed E-state index contributed by atoms with van der Waals surface area (Å²) in [5, 5.41) is 84.9. The number of esters is 1. The first-order valence-electron chi connectivity index (χ1n) is 16.9. The van der Waals surface area contributed by atoms with Crippen molar-refractivity contribution in [1.29, 1.82) is 0 Å². The summed E-state index contributed by atoms with van der Waals surface area (Å²) in [5.74, 6) is -6.09. The van der Waals surface area contributed by atoms with Gasteiger partial charge in [0.15, 0.2) is 12.1 Å². The van der Waals surface area contributed by atoms with Crippen LogP contribution in [0.4, 0.5) is 0 Å². The molecule has 0 aromatic heterocycles. The van der Waals surface area contributed by atoms with E-state index in [1.165, 1.54) is 6.08 Å². The summed E-state index contributed by atoms with van der Waals surface area (Å²) in [7, 11) is 0. The number of cyclic esters (lactones) is 1. The van der Waals surface area contributed by atoms with Gasteiger partial charge in [-0.05, 0) is 26.3 Å². The maximum Gasteiger partial charge on any atom is 0.330 e. The van der Waals surface area contributed by atoms with E-state index in [0.717, 1.165) is 12.2 Å². The molecule has 0 aromatic rings. The molecule has 3 rings (SSSR count). The number of allylic oxidation sites excluding steroid dienone is 6. The predicted octanol–water partition coefficient (Wildman–Crippen LogP) is -0.290. The topological polar surface area (TPSA) is 259 Å². The summed E-state index contributed by atoms with van der Waals surface area (Å²) in [6.45, 7) is 5.21. The molecule has 3 aliphatic heterocycles. The van der Waals surface area contributed by atoms with Crippen LogP contribution in [0, 0.1) is 11.8 Å². The molecule has 0 saturated carbocycles. The number of carbonyl (C=O) groups excluding carboxylic acids is 1. The summed E-state index contributed by atoms with van der Waals surface area (Å²) in [6, 6.07) is -1.11. The summed E-state index contributed by atoms with van der Waals surface area (Å²) in [6.07, 6.45) is 0.278.